The summed E-state index contributed by atoms with van der Waals surface area (Å²) < 4.78 is 2.66. The first-order valence-corrected chi connectivity index (χ1v) is 14.3. The molecule has 8 rings (SSSR count). The van der Waals surface area contributed by atoms with Crippen LogP contribution >= 0.6 is 11.3 Å². The van der Waals surface area contributed by atoms with E-state index in [0.29, 0.717) is 0 Å². The van der Waals surface area contributed by atoms with Gasteiger partial charge in [0.15, 0.2) is 0 Å². The predicted octanol–water partition coefficient (Wildman–Crippen LogP) is 10.9. The molecule has 0 amide bonds. The van der Waals surface area contributed by atoms with Crippen LogP contribution in [0.15, 0.2) is 121 Å². The zero-order chi connectivity index (χ0) is 26.1. The lowest BCUT2D eigenvalue weighted by molar-refractivity contribution is 0.660. The average molecular weight is 518 g/mol. The molecule has 1 N–H and O–H groups in total. The lowest BCUT2D eigenvalue weighted by Gasteiger charge is -2.21. The molecule has 2 heteroatoms. The Bertz CT molecular complexity index is 2080. The summed E-state index contributed by atoms with van der Waals surface area (Å²) in [5, 5.41) is 9.00. The summed E-state index contributed by atoms with van der Waals surface area (Å²) in [6.45, 7) is 4.66. The van der Waals surface area contributed by atoms with Crippen molar-refractivity contribution in [2.75, 3.05) is 5.32 Å². The molecule has 6 aromatic carbocycles. The molecule has 0 saturated heterocycles. The van der Waals surface area contributed by atoms with Crippen molar-refractivity contribution in [3.05, 3.63) is 132 Å². The van der Waals surface area contributed by atoms with Crippen LogP contribution < -0.4 is 5.32 Å². The Morgan fingerprint density at radius 3 is 2.23 bits per heavy atom. The van der Waals surface area contributed by atoms with Gasteiger partial charge in [0.2, 0.25) is 0 Å². The largest absolute Gasteiger partial charge is 0.355 e. The third-order valence-corrected chi connectivity index (χ3v) is 9.59. The molecule has 0 aliphatic heterocycles. The van der Waals surface area contributed by atoms with Crippen molar-refractivity contribution >= 4 is 53.7 Å². The van der Waals surface area contributed by atoms with E-state index in [1.54, 1.807) is 0 Å². The van der Waals surface area contributed by atoms with Crippen LogP contribution in [-0.2, 0) is 5.41 Å². The molecular weight excluding hydrogens is 490 g/mol. The SMILES string of the molecule is CC1(C)c2ccccc2-c2cc(Nc3ccc4ccccc4c3-c3ccc4c(c3)sc3ccccc34)ccc21. The molecule has 39 heavy (non-hydrogen) atoms. The summed E-state index contributed by atoms with van der Waals surface area (Å²) in [4.78, 5) is 0. The van der Waals surface area contributed by atoms with Gasteiger partial charge in [0.05, 0.1) is 0 Å². The van der Waals surface area contributed by atoms with Gasteiger partial charge in [-0.3, -0.25) is 0 Å². The molecule has 1 heterocycles. The van der Waals surface area contributed by atoms with Crippen molar-refractivity contribution in [1.29, 1.82) is 0 Å². The van der Waals surface area contributed by atoms with E-state index >= 15 is 0 Å². The normalized spacial score (nSPS) is 13.6. The molecule has 0 radical (unpaired) electrons. The Morgan fingerprint density at radius 1 is 0.564 bits per heavy atom. The Hall–Kier alpha value is -4.40. The van der Waals surface area contributed by atoms with E-state index in [1.807, 2.05) is 11.3 Å². The summed E-state index contributed by atoms with van der Waals surface area (Å²) >= 11 is 1.87. The Morgan fingerprint density at radius 2 is 1.31 bits per heavy atom. The van der Waals surface area contributed by atoms with Gasteiger partial charge < -0.3 is 5.32 Å². The minimum absolute atomic E-state index is 0.0121. The maximum atomic E-state index is 3.83. The van der Waals surface area contributed by atoms with Gasteiger partial charge in [-0.1, -0.05) is 105 Å². The maximum Gasteiger partial charge on any atom is 0.0470 e. The quantitative estimate of drug-likeness (QED) is 0.246. The van der Waals surface area contributed by atoms with Gasteiger partial charge in [-0.05, 0) is 68.9 Å². The highest BCUT2D eigenvalue weighted by molar-refractivity contribution is 7.25. The van der Waals surface area contributed by atoms with Crippen LogP contribution in [0.2, 0.25) is 0 Å². The van der Waals surface area contributed by atoms with Crippen LogP contribution in [0.5, 0.6) is 0 Å². The zero-order valence-electron chi connectivity index (χ0n) is 22.0. The predicted molar refractivity (Wildman–Crippen MR) is 170 cm³/mol. The Kier molecular flexibility index (Phi) is 4.80. The minimum atomic E-state index is 0.0121. The number of thiophene rings is 1. The number of hydrogen-bond acceptors (Lipinski definition) is 2. The third-order valence-electron chi connectivity index (χ3n) is 8.46. The minimum Gasteiger partial charge on any atom is -0.355 e. The van der Waals surface area contributed by atoms with Crippen LogP contribution in [0.1, 0.15) is 25.0 Å². The molecule has 0 saturated carbocycles. The third kappa shape index (κ3) is 3.38. The lowest BCUT2D eigenvalue weighted by atomic mass is 9.82. The molecule has 0 bridgehead atoms. The van der Waals surface area contributed by atoms with Gasteiger partial charge in [-0.15, -0.1) is 11.3 Å². The molecule has 0 fully saturated rings. The number of nitrogens with one attached hydrogen (secondary N) is 1. The van der Waals surface area contributed by atoms with Gasteiger partial charge in [0.25, 0.3) is 0 Å². The molecule has 1 aliphatic rings. The summed E-state index contributed by atoms with van der Waals surface area (Å²) in [5.74, 6) is 0. The average Bonchev–Trinajstić information content (AvgIpc) is 3.45. The molecule has 1 aliphatic carbocycles. The van der Waals surface area contributed by atoms with Gasteiger partial charge in [-0.25, -0.2) is 0 Å². The molecule has 0 spiro atoms. The van der Waals surface area contributed by atoms with Gasteiger partial charge in [0, 0.05) is 42.5 Å². The molecule has 7 aromatic rings. The first-order chi connectivity index (χ1) is 19.1. The van der Waals surface area contributed by atoms with E-state index in [1.165, 1.54) is 64.3 Å². The standard InChI is InChI=1S/C37H27NS/c1-37(2)31-13-7-5-11-27(31)30-22-25(17-19-32(30)37)38-33-20-16-23-9-3-4-10-26(23)36(33)24-15-18-29-28-12-6-8-14-34(28)39-35(29)21-24/h3-22,38H,1-2H3. The summed E-state index contributed by atoms with van der Waals surface area (Å²) in [6.07, 6.45) is 0. The Labute approximate surface area is 232 Å². The summed E-state index contributed by atoms with van der Waals surface area (Å²) in [7, 11) is 0. The smallest absolute Gasteiger partial charge is 0.0470 e. The highest BCUT2D eigenvalue weighted by atomic mass is 32.1. The fraction of sp³-hybridized carbons (Fsp3) is 0.0811. The molecule has 0 unspecified atom stereocenters. The Balaban J connectivity index is 1.29. The second kappa shape index (κ2) is 8.30. The van der Waals surface area contributed by atoms with Crippen molar-refractivity contribution in [3.8, 4) is 22.3 Å². The second-order valence-corrected chi connectivity index (χ2v) is 12.2. The molecule has 186 valence electrons. The lowest BCUT2D eigenvalue weighted by Crippen LogP contribution is -2.14. The fourth-order valence-electron chi connectivity index (χ4n) is 6.52. The van der Waals surface area contributed by atoms with E-state index in [-0.39, 0.29) is 5.41 Å². The number of anilines is 2. The van der Waals surface area contributed by atoms with Crippen molar-refractivity contribution < 1.29 is 0 Å². The van der Waals surface area contributed by atoms with Crippen LogP contribution in [-0.4, -0.2) is 0 Å². The number of fused-ring (bicyclic) bond motifs is 7. The van der Waals surface area contributed by atoms with Gasteiger partial charge in [-0.2, -0.15) is 0 Å². The van der Waals surface area contributed by atoms with E-state index < -0.39 is 0 Å². The fourth-order valence-corrected chi connectivity index (χ4v) is 7.67. The molecule has 0 atom stereocenters. The summed E-state index contributed by atoms with van der Waals surface area (Å²) in [5.41, 5.74) is 10.2. The van der Waals surface area contributed by atoms with E-state index in [2.05, 4.69) is 140 Å². The summed E-state index contributed by atoms with van der Waals surface area (Å²) in [6, 6.07) is 44.5. The molecular formula is C37H27NS. The van der Waals surface area contributed by atoms with Crippen LogP contribution in [0.4, 0.5) is 11.4 Å². The zero-order valence-corrected chi connectivity index (χ0v) is 22.8. The maximum absolute atomic E-state index is 3.83. The first kappa shape index (κ1) is 22.6. The van der Waals surface area contributed by atoms with Crippen LogP contribution in [0, 0.1) is 0 Å². The first-order valence-electron chi connectivity index (χ1n) is 13.5. The monoisotopic (exact) mass is 517 g/mol. The number of rotatable bonds is 3. The van der Waals surface area contributed by atoms with Crippen molar-refractivity contribution in [3.63, 3.8) is 0 Å². The van der Waals surface area contributed by atoms with Crippen molar-refractivity contribution in [2.24, 2.45) is 0 Å². The van der Waals surface area contributed by atoms with Gasteiger partial charge >= 0.3 is 0 Å². The van der Waals surface area contributed by atoms with Crippen molar-refractivity contribution in [1.82, 2.24) is 0 Å². The van der Waals surface area contributed by atoms with E-state index in [4.69, 9.17) is 0 Å². The second-order valence-electron chi connectivity index (χ2n) is 11.1. The van der Waals surface area contributed by atoms with Crippen LogP contribution in [0.25, 0.3) is 53.2 Å². The molecule has 1 aromatic heterocycles. The van der Waals surface area contributed by atoms with Gasteiger partial charge in [0.1, 0.15) is 0 Å². The van der Waals surface area contributed by atoms with Crippen molar-refractivity contribution in [2.45, 2.75) is 19.3 Å². The highest BCUT2D eigenvalue weighted by Gasteiger charge is 2.35. The topological polar surface area (TPSA) is 12.0 Å². The van der Waals surface area contributed by atoms with E-state index in [9.17, 15) is 0 Å². The number of benzene rings is 6. The molecule has 1 nitrogen and oxygen atoms in total. The van der Waals surface area contributed by atoms with E-state index in [0.717, 1.165) is 11.4 Å². The highest BCUT2D eigenvalue weighted by Crippen LogP contribution is 2.49. The number of hydrogen-bond donors (Lipinski definition) is 1. The van der Waals surface area contributed by atoms with Crippen LogP contribution in [0.3, 0.4) is 0 Å².